The number of hydrogen-bond donors (Lipinski definition) is 1. The highest BCUT2D eigenvalue weighted by atomic mass is 19.4. The van der Waals surface area contributed by atoms with Crippen LogP contribution in [0.1, 0.15) is 12.8 Å². The molecule has 104 valence electrons. The van der Waals surface area contributed by atoms with Crippen LogP contribution in [0.25, 0.3) is 0 Å². The van der Waals surface area contributed by atoms with Crippen LogP contribution in [0.5, 0.6) is 0 Å². The summed E-state index contributed by atoms with van der Waals surface area (Å²) in [4.78, 5) is 13.2. The Kier molecular flexibility index (Phi) is 3.42. The molecule has 3 heterocycles. The molecular formula is C11H16F3NO3. The van der Waals surface area contributed by atoms with Crippen LogP contribution < -0.4 is 0 Å². The molecule has 3 saturated heterocycles. The van der Waals surface area contributed by atoms with Crippen LogP contribution in [0, 0.1) is 5.92 Å². The molecule has 0 aromatic rings. The van der Waals surface area contributed by atoms with E-state index in [1.165, 1.54) is 7.11 Å². The average Bonchev–Trinajstić information content (AvgIpc) is 2.32. The average molecular weight is 267 g/mol. The number of aliphatic hydroxyl groups is 1. The Labute approximate surface area is 103 Å². The summed E-state index contributed by atoms with van der Waals surface area (Å²) in [6.07, 6.45) is -4.15. The van der Waals surface area contributed by atoms with Crippen LogP contribution in [0.2, 0.25) is 0 Å². The maximum Gasteiger partial charge on any atom is 0.404 e. The number of carbonyl (C=O) groups excluding carboxylic acids is 1. The van der Waals surface area contributed by atoms with Crippen molar-refractivity contribution in [3.8, 4) is 0 Å². The normalized spacial score (nSPS) is 40.3. The molecule has 0 aromatic carbocycles. The second-order valence-electron chi connectivity index (χ2n) is 4.96. The molecule has 3 fully saturated rings. The predicted octanol–water partition coefficient (Wildman–Crippen LogP) is 0.590. The van der Waals surface area contributed by atoms with Crippen LogP contribution >= 0.6 is 0 Å². The summed E-state index contributed by atoms with van der Waals surface area (Å²) in [6, 6.07) is -1.66. The Bertz CT molecular complexity index is 347. The lowest BCUT2D eigenvalue weighted by molar-refractivity contribution is -0.234. The largest absolute Gasteiger partial charge is 0.404 e. The Balaban J connectivity index is 2.37. The minimum atomic E-state index is -4.38. The standard InChI is InChI=1S/C11H16F3NO3/c1-18-6-10(5-16)9(17)7-2-3-15(10)8(4-7)11(12,13)14/h7-8,16H,2-6H2,1H3/t7-,8-,10+/m1/s1. The molecule has 18 heavy (non-hydrogen) atoms. The highest BCUT2D eigenvalue weighted by Crippen LogP contribution is 2.45. The van der Waals surface area contributed by atoms with E-state index >= 15 is 0 Å². The quantitative estimate of drug-likeness (QED) is 0.813. The summed E-state index contributed by atoms with van der Waals surface area (Å²) in [6.45, 7) is -0.668. The second kappa shape index (κ2) is 4.47. The van der Waals surface area contributed by atoms with Gasteiger partial charge in [0.15, 0.2) is 5.78 Å². The lowest BCUT2D eigenvalue weighted by Crippen LogP contribution is -2.74. The van der Waals surface area contributed by atoms with Crippen molar-refractivity contribution in [3.05, 3.63) is 0 Å². The van der Waals surface area contributed by atoms with Crippen LogP contribution in [0.15, 0.2) is 0 Å². The van der Waals surface area contributed by atoms with Gasteiger partial charge < -0.3 is 9.84 Å². The molecule has 4 nitrogen and oxygen atoms in total. The molecule has 0 spiro atoms. The van der Waals surface area contributed by atoms with Crippen LogP contribution in [0.3, 0.4) is 0 Å². The Morgan fingerprint density at radius 2 is 2.22 bits per heavy atom. The summed E-state index contributed by atoms with van der Waals surface area (Å²) in [7, 11) is 1.32. The first kappa shape index (κ1) is 13.8. The molecule has 3 aliphatic rings. The fraction of sp³-hybridized carbons (Fsp3) is 0.909. The van der Waals surface area contributed by atoms with Crippen molar-refractivity contribution in [2.75, 3.05) is 26.9 Å². The Morgan fingerprint density at radius 1 is 1.56 bits per heavy atom. The number of aliphatic hydroxyl groups excluding tert-OH is 1. The number of alkyl halides is 3. The summed E-state index contributed by atoms with van der Waals surface area (Å²) in [5.74, 6) is -0.942. The van der Waals surface area contributed by atoms with Crippen molar-refractivity contribution in [1.82, 2.24) is 4.90 Å². The van der Waals surface area contributed by atoms with Crippen LogP contribution in [-0.4, -0.2) is 60.4 Å². The van der Waals surface area contributed by atoms with E-state index in [2.05, 4.69) is 0 Å². The number of ketones is 1. The fourth-order valence-corrected chi connectivity index (χ4v) is 3.15. The number of methoxy groups -OCH3 is 1. The third-order valence-electron chi connectivity index (χ3n) is 4.00. The maximum absolute atomic E-state index is 13.0. The molecule has 0 saturated carbocycles. The first-order valence-corrected chi connectivity index (χ1v) is 5.84. The Hall–Kier alpha value is -0.660. The van der Waals surface area contributed by atoms with E-state index in [0.29, 0.717) is 6.42 Å². The molecule has 2 bridgehead atoms. The van der Waals surface area contributed by atoms with Crippen molar-refractivity contribution in [2.45, 2.75) is 30.6 Å². The van der Waals surface area contributed by atoms with Gasteiger partial charge in [-0.25, -0.2) is 0 Å². The van der Waals surface area contributed by atoms with Gasteiger partial charge in [-0.15, -0.1) is 0 Å². The van der Waals surface area contributed by atoms with Gasteiger partial charge >= 0.3 is 6.18 Å². The molecule has 0 aromatic heterocycles. The molecule has 0 amide bonds. The van der Waals surface area contributed by atoms with Crippen molar-refractivity contribution in [1.29, 1.82) is 0 Å². The maximum atomic E-state index is 13.0. The van der Waals surface area contributed by atoms with Gasteiger partial charge in [0, 0.05) is 19.6 Å². The lowest BCUT2D eigenvalue weighted by atomic mass is 9.70. The highest BCUT2D eigenvalue weighted by molar-refractivity contribution is 5.92. The van der Waals surface area contributed by atoms with Gasteiger partial charge in [0.1, 0.15) is 11.6 Å². The number of halogens is 3. The minimum absolute atomic E-state index is 0.171. The molecule has 3 rings (SSSR count). The molecule has 4 atom stereocenters. The predicted molar refractivity (Wildman–Crippen MR) is 56.0 cm³/mol. The first-order chi connectivity index (χ1) is 8.36. The Morgan fingerprint density at radius 3 is 2.72 bits per heavy atom. The lowest BCUT2D eigenvalue weighted by Gasteiger charge is -2.55. The van der Waals surface area contributed by atoms with Gasteiger partial charge in [0.2, 0.25) is 0 Å². The SMILES string of the molecule is COC[C@@]1(CO)C(=O)[C@@H]2CCN1[C@@H](C(F)(F)F)C2. The monoisotopic (exact) mass is 267 g/mol. The smallest absolute Gasteiger partial charge is 0.394 e. The van der Waals surface area contributed by atoms with Crippen molar-refractivity contribution in [2.24, 2.45) is 5.92 Å². The molecule has 7 heteroatoms. The van der Waals surface area contributed by atoms with E-state index < -0.39 is 30.3 Å². The van der Waals surface area contributed by atoms with Crippen molar-refractivity contribution < 1.29 is 27.8 Å². The number of carbonyl (C=O) groups is 1. The van der Waals surface area contributed by atoms with Gasteiger partial charge in [0.25, 0.3) is 0 Å². The zero-order valence-corrected chi connectivity index (χ0v) is 10.0. The number of hydrogen-bond acceptors (Lipinski definition) is 4. The third kappa shape index (κ3) is 1.85. The van der Waals surface area contributed by atoms with Crippen molar-refractivity contribution >= 4 is 5.78 Å². The number of rotatable bonds is 3. The number of Topliss-reactive ketones (excluding diaryl/α,β-unsaturated/α-hetero) is 1. The second-order valence-corrected chi connectivity index (χ2v) is 4.96. The van der Waals surface area contributed by atoms with Crippen LogP contribution in [-0.2, 0) is 9.53 Å². The van der Waals surface area contributed by atoms with Crippen LogP contribution in [0.4, 0.5) is 13.2 Å². The molecule has 0 aliphatic carbocycles. The summed E-state index contributed by atoms with van der Waals surface area (Å²) in [5, 5.41) is 9.44. The first-order valence-electron chi connectivity index (χ1n) is 5.84. The van der Waals surface area contributed by atoms with E-state index in [4.69, 9.17) is 4.74 Å². The van der Waals surface area contributed by atoms with E-state index in [-0.39, 0.29) is 25.4 Å². The molecule has 0 radical (unpaired) electrons. The molecular weight excluding hydrogens is 251 g/mol. The number of nitrogens with zero attached hydrogens (tertiary/aromatic N) is 1. The molecule has 1 unspecified atom stereocenters. The van der Waals surface area contributed by atoms with E-state index in [1.54, 1.807) is 0 Å². The van der Waals surface area contributed by atoms with Gasteiger partial charge in [-0.05, 0) is 12.8 Å². The number of ether oxygens (including phenoxy) is 1. The van der Waals surface area contributed by atoms with Crippen molar-refractivity contribution in [3.63, 3.8) is 0 Å². The fourth-order valence-electron chi connectivity index (χ4n) is 3.15. The number of piperidine rings is 3. The minimum Gasteiger partial charge on any atom is -0.394 e. The van der Waals surface area contributed by atoms with Gasteiger partial charge in [-0.3, -0.25) is 9.69 Å². The number of fused-ring (bicyclic) bond motifs is 3. The zero-order valence-electron chi connectivity index (χ0n) is 10.0. The zero-order chi connectivity index (χ0) is 13.6. The van der Waals surface area contributed by atoms with E-state index in [0.717, 1.165) is 4.90 Å². The molecule has 3 aliphatic heterocycles. The van der Waals surface area contributed by atoms with Gasteiger partial charge in [-0.1, -0.05) is 0 Å². The third-order valence-corrected chi connectivity index (χ3v) is 4.00. The van der Waals surface area contributed by atoms with E-state index in [9.17, 15) is 23.1 Å². The van der Waals surface area contributed by atoms with E-state index in [1.807, 2.05) is 0 Å². The van der Waals surface area contributed by atoms with Gasteiger partial charge in [0.05, 0.1) is 13.2 Å². The molecule has 1 N–H and O–H groups in total. The highest BCUT2D eigenvalue weighted by Gasteiger charge is 2.62. The summed E-state index contributed by atoms with van der Waals surface area (Å²) >= 11 is 0. The van der Waals surface area contributed by atoms with Gasteiger partial charge in [-0.2, -0.15) is 13.2 Å². The topological polar surface area (TPSA) is 49.8 Å². The summed E-state index contributed by atoms with van der Waals surface area (Å²) < 4.78 is 43.8. The summed E-state index contributed by atoms with van der Waals surface area (Å²) in [5.41, 5.74) is -1.52.